The molecule has 0 aliphatic carbocycles. The molecule has 44 heavy (non-hydrogen) atoms. The lowest BCUT2D eigenvalue weighted by Gasteiger charge is -2.42. The summed E-state index contributed by atoms with van der Waals surface area (Å²) in [6.45, 7) is 7.78. The maximum atomic E-state index is 12.6. The zero-order chi connectivity index (χ0) is 33.6. The van der Waals surface area contributed by atoms with Crippen LogP contribution in [-0.2, 0) is 33.4 Å². The van der Waals surface area contributed by atoms with Crippen LogP contribution in [0.1, 0.15) is 52.9 Å². The van der Waals surface area contributed by atoms with Crippen molar-refractivity contribution in [1.82, 2.24) is 9.80 Å². The number of amides is 4. The molecule has 6 unspecified atom stereocenters. The van der Waals surface area contributed by atoms with E-state index >= 15 is 0 Å². The second kappa shape index (κ2) is 15.1. The van der Waals surface area contributed by atoms with Crippen LogP contribution in [0.3, 0.4) is 0 Å². The van der Waals surface area contributed by atoms with Crippen LogP contribution in [0.5, 0.6) is 0 Å². The van der Waals surface area contributed by atoms with E-state index in [1.807, 2.05) is 0 Å². The molecule has 2 saturated heterocycles. The van der Waals surface area contributed by atoms with Crippen LogP contribution in [-0.4, -0.2) is 139 Å². The van der Waals surface area contributed by atoms with Crippen molar-refractivity contribution in [2.24, 2.45) is 5.73 Å². The van der Waals surface area contributed by atoms with E-state index in [0.29, 0.717) is 9.80 Å². The number of ether oxygens (including phenoxy) is 3. The van der Waals surface area contributed by atoms with Crippen LogP contribution in [0.4, 0.5) is 0 Å². The molecule has 16 heteroatoms. The predicted octanol–water partition coefficient (Wildman–Crippen LogP) is -2.63. The first-order chi connectivity index (χ1) is 20.5. The van der Waals surface area contributed by atoms with Gasteiger partial charge in [-0.2, -0.15) is 0 Å². The Bertz CT molecular complexity index is 1040. The lowest BCUT2D eigenvalue weighted by molar-refractivity contribution is -0.236. The van der Waals surface area contributed by atoms with E-state index in [-0.39, 0.29) is 43.3 Å². The molecule has 0 aromatic rings. The highest BCUT2D eigenvalue weighted by Gasteiger charge is 2.53. The highest BCUT2D eigenvalue weighted by Crippen LogP contribution is 2.33. The average Bonchev–Trinajstić information content (AvgIpc) is 3.41. The normalized spacial score (nSPS) is 23.0. The molecular formula is C28H45N3O13. The van der Waals surface area contributed by atoms with E-state index < -0.39 is 98.3 Å². The van der Waals surface area contributed by atoms with Crippen LogP contribution < -0.4 is 5.73 Å². The van der Waals surface area contributed by atoms with Crippen molar-refractivity contribution >= 4 is 23.6 Å². The molecule has 0 aromatic heterocycles. The van der Waals surface area contributed by atoms with Crippen molar-refractivity contribution in [3.63, 3.8) is 0 Å². The van der Waals surface area contributed by atoms with Crippen molar-refractivity contribution in [3.05, 3.63) is 24.3 Å². The summed E-state index contributed by atoms with van der Waals surface area (Å²) in [6, 6.07) is 0. The Labute approximate surface area is 255 Å². The molecule has 0 saturated carbocycles. The van der Waals surface area contributed by atoms with Crippen molar-refractivity contribution in [1.29, 1.82) is 0 Å². The average molecular weight is 632 g/mol. The number of nitrogens with zero attached hydrogens (tertiary/aromatic N) is 2. The number of carbonyl (C=O) groups is 4. The molecule has 250 valence electrons. The van der Waals surface area contributed by atoms with Gasteiger partial charge in [-0.05, 0) is 19.3 Å². The van der Waals surface area contributed by atoms with Crippen LogP contribution in [0.2, 0.25) is 0 Å². The minimum absolute atomic E-state index is 0.0576. The van der Waals surface area contributed by atoms with Gasteiger partial charge in [0.25, 0.3) is 11.8 Å². The van der Waals surface area contributed by atoms with E-state index in [1.165, 1.54) is 20.8 Å². The highest BCUT2D eigenvalue weighted by atomic mass is 16.6. The lowest BCUT2D eigenvalue weighted by atomic mass is 10.0. The van der Waals surface area contributed by atoms with E-state index in [2.05, 4.69) is 13.2 Å². The van der Waals surface area contributed by atoms with Gasteiger partial charge in [0.1, 0.15) is 30.1 Å². The molecule has 4 amide bonds. The minimum atomic E-state index is -2.31. The van der Waals surface area contributed by atoms with E-state index in [0.717, 1.165) is 0 Å². The standard InChI is InChI=1S/C28H45N3O13/c1-6-26(29,39)19(11-32)44-18(14-42-20(12-33)27(40,7-2)30-22(35)9-16(4)24(30)37)15-43-21(13-34)28(41,8-3)31-23(36)10-17(5)25(31)38/h18-21,32-34,39-41H,4-15,29H2,1-3H3. The Balaban J connectivity index is 2.36. The van der Waals surface area contributed by atoms with Gasteiger partial charge in [-0.1, -0.05) is 33.9 Å². The van der Waals surface area contributed by atoms with Crippen LogP contribution in [0, 0.1) is 0 Å². The van der Waals surface area contributed by atoms with Gasteiger partial charge in [0.15, 0.2) is 11.4 Å². The summed E-state index contributed by atoms with van der Waals surface area (Å²) in [5, 5.41) is 63.4. The molecule has 2 fully saturated rings. The highest BCUT2D eigenvalue weighted by molar-refractivity contribution is 6.14. The van der Waals surface area contributed by atoms with Crippen molar-refractivity contribution < 1.29 is 64.0 Å². The zero-order valence-electron chi connectivity index (χ0n) is 25.3. The molecule has 0 spiro atoms. The smallest absolute Gasteiger partial charge is 0.258 e. The molecule has 0 bridgehead atoms. The van der Waals surface area contributed by atoms with Gasteiger partial charge in [-0.15, -0.1) is 0 Å². The molecule has 2 aliphatic heterocycles. The van der Waals surface area contributed by atoms with Gasteiger partial charge in [0, 0.05) is 11.1 Å². The second-order valence-electron chi connectivity index (χ2n) is 10.9. The Morgan fingerprint density at radius 2 is 1.09 bits per heavy atom. The van der Waals surface area contributed by atoms with Gasteiger partial charge < -0.3 is 50.6 Å². The first kappa shape index (κ1) is 37.5. The maximum absolute atomic E-state index is 12.6. The van der Waals surface area contributed by atoms with Gasteiger partial charge >= 0.3 is 0 Å². The number of aliphatic hydroxyl groups is 6. The Morgan fingerprint density at radius 1 is 0.727 bits per heavy atom. The largest absolute Gasteiger partial charge is 0.393 e. The van der Waals surface area contributed by atoms with Gasteiger partial charge in [-0.25, -0.2) is 9.80 Å². The number of rotatable bonds is 19. The van der Waals surface area contributed by atoms with Gasteiger partial charge in [0.05, 0.1) is 45.9 Å². The molecule has 16 nitrogen and oxygen atoms in total. The van der Waals surface area contributed by atoms with Gasteiger partial charge in [-0.3, -0.25) is 19.2 Å². The molecule has 6 atom stereocenters. The summed E-state index contributed by atoms with van der Waals surface area (Å²) in [4.78, 5) is 51.4. The van der Waals surface area contributed by atoms with Crippen LogP contribution in [0.25, 0.3) is 0 Å². The van der Waals surface area contributed by atoms with Crippen molar-refractivity contribution in [2.45, 2.75) is 94.5 Å². The summed E-state index contributed by atoms with van der Waals surface area (Å²) in [6.07, 6.45) is -7.15. The summed E-state index contributed by atoms with van der Waals surface area (Å²) in [5.74, 6) is -3.19. The van der Waals surface area contributed by atoms with Crippen LogP contribution >= 0.6 is 0 Å². The topological polar surface area (TPSA) is 250 Å². The Hall–Kier alpha value is -2.64. The molecule has 2 heterocycles. The quantitative estimate of drug-likeness (QED) is 0.0438. The van der Waals surface area contributed by atoms with Crippen molar-refractivity contribution in [3.8, 4) is 0 Å². The molecule has 2 rings (SSSR count). The molecule has 0 aromatic carbocycles. The number of nitrogens with two attached hydrogens (primary N) is 1. The van der Waals surface area contributed by atoms with E-state index in [9.17, 15) is 49.8 Å². The SMILES string of the molecule is C=C1CC(=O)N(C(O)(CC)C(CO)OCC(COC(CO)C(O)(CC)N2C(=O)CC(=C)C2=O)OC(CO)C(N)(O)CC)C1=O. The summed E-state index contributed by atoms with van der Waals surface area (Å²) in [5.41, 5.74) is -0.910. The van der Waals surface area contributed by atoms with Crippen LogP contribution in [0.15, 0.2) is 24.3 Å². The lowest BCUT2D eigenvalue weighted by Crippen LogP contribution is -2.62. The fourth-order valence-electron chi connectivity index (χ4n) is 5.08. The fraction of sp³-hybridized carbons (Fsp3) is 0.714. The molecule has 0 radical (unpaired) electrons. The number of imide groups is 2. The summed E-state index contributed by atoms with van der Waals surface area (Å²) < 4.78 is 17.2. The number of hydrogen-bond donors (Lipinski definition) is 7. The Morgan fingerprint density at radius 3 is 1.34 bits per heavy atom. The van der Waals surface area contributed by atoms with E-state index in [4.69, 9.17) is 19.9 Å². The minimum Gasteiger partial charge on any atom is -0.393 e. The first-order valence-corrected chi connectivity index (χ1v) is 14.3. The number of aliphatic hydroxyl groups excluding tert-OH is 3. The third-order valence-electron chi connectivity index (χ3n) is 8.03. The second-order valence-corrected chi connectivity index (χ2v) is 10.9. The monoisotopic (exact) mass is 631 g/mol. The number of likely N-dealkylation sites (tertiary alicyclic amines) is 2. The fourth-order valence-corrected chi connectivity index (χ4v) is 5.08. The van der Waals surface area contributed by atoms with Crippen molar-refractivity contribution in [2.75, 3.05) is 33.0 Å². The third-order valence-corrected chi connectivity index (χ3v) is 8.03. The first-order valence-electron chi connectivity index (χ1n) is 14.3. The summed E-state index contributed by atoms with van der Waals surface area (Å²) in [7, 11) is 0. The van der Waals surface area contributed by atoms with E-state index in [1.54, 1.807) is 0 Å². The van der Waals surface area contributed by atoms with Gasteiger partial charge in [0.2, 0.25) is 11.8 Å². The zero-order valence-corrected chi connectivity index (χ0v) is 25.3. The summed E-state index contributed by atoms with van der Waals surface area (Å²) >= 11 is 0. The Kier molecular flexibility index (Phi) is 12.9. The molecule has 2 aliphatic rings. The predicted molar refractivity (Wildman–Crippen MR) is 151 cm³/mol. The molecular weight excluding hydrogens is 586 g/mol. The number of hydrogen-bond acceptors (Lipinski definition) is 14. The molecule has 8 N–H and O–H groups in total. The number of carbonyl (C=O) groups excluding carboxylic acids is 4. The third kappa shape index (κ3) is 7.42. The maximum Gasteiger partial charge on any atom is 0.258 e.